The van der Waals surface area contributed by atoms with Gasteiger partial charge in [0.05, 0.1) is 7.11 Å². The van der Waals surface area contributed by atoms with Gasteiger partial charge in [0.1, 0.15) is 29.1 Å². The van der Waals surface area contributed by atoms with Crippen molar-refractivity contribution >= 4 is 36.3 Å². The van der Waals surface area contributed by atoms with E-state index in [-0.39, 0.29) is 35.7 Å². The van der Waals surface area contributed by atoms with Crippen molar-refractivity contribution in [3.63, 3.8) is 0 Å². The standard InChI is InChI=1S/C16H16O3.C15H12O4.2C15H16O2/c1-11-4-5-13(15(9-11)18-3)6-7-14-8-12(2)10-16(17)19-14;1-10-6-12(19-15(16)7-10)4-2-11-3-5-13-14(8-11)18-9-17-13;2*1-11-3-5-13(6-4-11)7-8-14-9-12(2)10-15(16)17-14/h4-10H,1-3H3;2-8H,9H2,1H3;3-6,9-10H,7-8H2,1-2H3;3-8,10,14H,9H2,1-2H3/b7-6+;4-2+;;8-7+. The van der Waals surface area contributed by atoms with Gasteiger partial charge in [-0.05, 0) is 155 Å². The summed E-state index contributed by atoms with van der Waals surface area (Å²) in [5, 5.41) is 0. The third-order valence-corrected chi connectivity index (χ3v) is 11.0. The van der Waals surface area contributed by atoms with Crippen LogP contribution in [0, 0.1) is 41.5 Å². The number of rotatable bonds is 10. The zero-order valence-electron chi connectivity index (χ0n) is 42.0. The average molecular weight is 969 g/mol. The number of carbonyl (C=O) groups is 1. The fraction of sp³-hybridized carbons (Fsp3) is 0.213. The van der Waals surface area contributed by atoms with E-state index in [4.69, 9.17) is 32.2 Å². The minimum Gasteiger partial charge on any atom is -0.496 e. The van der Waals surface area contributed by atoms with Crippen LogP contribution in [-0.4, -0.2) is 26.0 Å². The van der Waals surface area contributed by atoms with Gasteiger partial charge in [-0.3, -0.25) is 0 Å². The molecule has 0 amide bonds. The number of ether oxygens (including phenoxy) is 4. The maximum absolute atomic E-state index is 11.3. The van der Waals surface area contributed by atoms with E-state index in [0.29, 0.717) is 11.5 Å². The summed E-state index contributed by atoms with van der Waals surface area (Å²) >= 11 is 0. The zero-order valence-corrected chi connectivity index (χ0v) is 42.0. The van der Waals surface area contributed by atoms with E-state index in [9.17, 15) is 19.2 Å². The second kappa shape index (κ2) is 26.0. The van der Waals surface area contributed by atoms with Crippen LogP contribution in [0.2, 0.25) is 0 Å². The van der Waals surface area contributed by atoms with E-state index in [0.717, 1.165) is 86.8 Å². The van der Waals surface area contributed by atoms with Gasteiger partial charge in [-0.1, -0.05) is 95.6 Å². The van der Waals surface area contributed by atoms with Gasteiger partial charge in [0.25, 0.3) is 0 Å². The lowest BCUT2D eigenvalue weighted by Gasteiger charge is -2.18. The second-order valence-electron chi connectivity index (χ2n) is 17.6. The van der Waals surface area contributed by atoms with Crippen molar-refractivity contribution < 1.29 is 37.0 Å². The van der Waals surface area contributed by atoms with Crippen LogP contribution in [0.4, 0.5) is 0 Å². The molecule has 0 spiro atoms. The van der Waals surface area contributed by atoms with E-state index >= 15 is 0 Å². The lowest BCUT2D eigenvalue weighted by molar-refractivity contribution is -0.141. The number of aryl methyl sites for hydroxylation is 8. The molecule has 11 heteroatoms. The molecule has 11 nitrogen and oxygen atoms in total. The SMILES string of the molecule is CC1=CC(=O)OC(/C=C/c2ccc(C)cc2)C1.COc1cc(C)ccc1/C=C/c1cc(C)cc(=O)o1.Cc1cc(/C=C/c2ccc3c(c2)OCO3)oc(=O)c1.Cc1ccc(CCc2cc(C)cc(=O)o2)cc1. The van der Waals surface area contributed by atoms with Crippen LogP contribution < -0.4 is 31.1 Å². The summed E-state index contributed by atoms with van der Waals surface area (Å²) in [7, 11) is 1.64. The maximum Gasteiger partial charge on any atom is 0.336 e. The number of cyclic esters (lactones) is 1. The summed E-state index contributed by atoms with van der Waals surface area (Å²) in [4.78, 5) is 44.9. The van der Waals surface area contributed by atoms with Crippen LogP contribution in [-0.2, 0) is 22.4 Å². The first kappa shape index (κ1) is 52.9. The van der Waals surface area contributed by atoms with E-state index in [2.05, 4.69) is 62.4 Å². The third kappa shape index (κ3) is 17.5. The van der Waals surface area contributed by atoms with E-state index in [1.165, 1.54) is 34.9 Å². The molecule has 0 saturated carbocycles. The number of hydrogen-bond donors (Lipinski definition) is 0. The summed E-state index contributed by atoms with van der Waals surface area (Å²) in [6, 6.07) is 38.2. The molecule has 5 heterocycles. The molecule has 370 valence electrons. The molecule has 2 aliphatic heterocycles. The Morgan fingerprint density at radius 2 is 1.08 bits per heavy atom. The Morgan fingerprint density at radius 3 is 1.69 bits per heavy atom. The van der Waals surface area contributed by atoms with E-state index in [1.807, 2.05) is 114 Å². The smallest absolute Gasteiger partial charge is 0.336 e. The quantitative estimate of drug-likeness (QED) is 0.121. The first-order chi connectivity index (χ1) is 34.5. The van der Waals surface area contributed by atoms with Gasteiger partial charge < -0.3 is 32.2 Å². The molecule has 9 rings (SSSR count). The first-order valence-corrected chi connectivity index (χ1v) is 23.5. The van der Waals surface area contributed by atoms with Crippen molar-refractivity contribution in [1.29, 1.82) is 0 Å². The first-order valence-electron chi connectivity index (χ1n) is 23.5. The lowest BCUT2D eigenvalue weighted by atomic mass is 10.1. The van der Waals surface area contributed by atoms with Crippen molar-refractivity contribution in [1.82, 2.24) is 0 Å². The molecule has 0 radical (unpaired) electrons. The van der Waals surface area contributed by atoms with Gasteiger partial charge in [-0.2, -0.15) is 0 Å². The van der Waals surface area contributed by atoms with Crippen LogP contribution >= 0.6 is 0 Å². The number of fused-ring (bicyclic) bond motifs is 1. The molecule has 1 atom stereocenters. The number of methoxy groups -OCH3 is 1. The Morgan fingerprint density at radius 1 is 0.514 bits per heavy atom. The summed E-state index contributed by atoms with van der Waals surface area (Å²) in [5.74, 6) is 3.86. The van der Waals surface area contributed by atoms with Crippen LogP contribution in [0.5, 0.6) is 17.2 Å². The van der Waals surface area contributed by atoms with Crippen molar-refractivity contribution in [2.24, 2.45) is 0 Å². The molecule has 3 aromatic heterocycles. The van der Waals surface area contributed by atoms with Crippen LogP contribution in [0.25, 0.3) is 30.4 Å². The minimum absolute atomic E-state index is 0.131. The number of benzene rings is 4. The van der Waals surface area contributed by atoms with Crippen molar-refractivity contribution in [3.05, 3.63) is 243 Å². The van der Waals surface area contributed by atoms with Gasteiger partial charge in [-0.25, -0.2) is 19.2 Å². The second-order valence-corrected chi connectivity index (χ2v) is 17.6. The van der Waals surface area contributed by atoms with E-state index < -0.39 is 0 Å². The summed E-state index contributed by atoms with van der Waals surface area (Å²) in [6.45, 7) is 14.0. The molecule has 0 bridgehead atoms. The van der Waals surface area contributed by atoms with Gasteiger partial charge in [0.2, 0.25) is 6.79 Å². The zero-order chi connectivity index (χ0) is 51.6. The van der Waals surface area contributed by atoms with Crippen LogP contribution in [0.1, 0.15) is 86.3 Å². The molecule has 0 saturated heterocycles. The Bertz CT molecular complexity index is 3250. The van der Waals surface area contributed by atoms with Crippen molar-refractivity contribution in [3.8, 4) is 17.2 Å². The van der Waals surface area contributed by atoms with Gasteiger partial charge in [0.15, 0.2) is 11.5 Å². The lowest BCUT2D eigenvalue weighted by Crippen LogP contribution is -2.19. The fourth-order valence-corrected chi connectivity index (χ4v) is 7.36. The number of hydrogen-bond acceptors (Lipinski definition) is 11. The van der Waals surface area contributed by atoms with Crippen molar-refractivity contribution in [2.75, 3.05) is 13.9 Å². The highest BCUT2D eigenvalue weighted by Crippen LogP contribution is 2.33. The Labute approximate surface area is 420 Å². The molecule has 0 fully saturated rings. The monoisotopic (exact) mass is 968 g/mol. The molecule has 1 unspecified atom stereocenters. The fourth-order valence-electron chi connectivity index (χ4n) is 7.36. The molecule has 0 aliphatic carbocycles. The number of esters is 1. The van der Waals surface area contributed by atoms with Gasteiger partial charge in [0, 0.05) is 42.7 Å². The van der Waals surface area contributed by atoms with Gasteiger partial charge in [-0.15, -0.1) is 0 Å². The highest BCUT2D eigenvalue weighted by molar-refractivity contribution is 5.84. The van der Waals surface area contributed by atoms with Crippen LogP contribution in [0.3, 0.4) is 0 Å². The summed E-state index contributed by atoms with van der Waals surface area (Å²) < 4.78 is 36.4. The molecule has 4 aromatic carbocycles. The van der Waals surface area contributed by atoms with Gasteiger partial charge >= 0.3 is 22.8 Å². The average Bonchev–Trinajstić information content (AvgIpc) is 3.80. The highest BCUT2D eigenvalue weighted by atomic mass is 16.7. The molecule has 2 aliphatic rings. The topological polar surface area (TPSA) is 145 Å². The minimum atomic E-state index is -0.342. The highest BCUT2D eigenvalue weighted by Gasteiger charge is 2.16. The number of carbonyl (C=O) groups excluding carboxylic acids is 1. The molecular formula is C61H60O11. The molecular weight excluding hydrogens is 909 g/mol. The molecule has 7 aromatic rings. The Hall–Kier alpha value is -8.44. The Kier molecular flexibility index (Phi) is 19.1. The Balaban J connectivity index is 0.000000157. The predicted octanol–water partition coefficient (Wildman–Crippen LogP) is 12.6. The van der Waals surface area contributed by atoms with E-state index in [1.54, 1.807) is 25.3 Å². The third-order valence-electron chi connectivity index (χ3n) is 11.0. The molecule has 72 heavy (non-hydrogen) atoms. The van der Waals surface area contributed by atoms with Crippen molar-refractivity contribution in [2.45, 2.75) is 73.8 Å². The summed E-state index contributed by atoms with van der Waals surface area (Å²) in [6.07, 6.45) is 15.1. The predicted molar refractivity (Wildman–Crippen MR) is 284 cm³/mol. The largest absolute Gasteiger partial charge is 0.496 e. The summed E-state index contributed by atoms with van der Waals surface area (Å²) in [5.41, 5.74) is 10.8. The van der Waals surface area contributed by atoms with Crippen LogP contribution in [0.15, 0.2) is 167 Å². The maximum atomic E-state index is 11.3. The normalized spacial score (nSPS) is 13.6. The molecule has 0 N–H and O–H groups in total.